The van der Waals surface area contributed by atoms with Gasteiger partial charge in [0.2, 0.25) is 0 Å². The fourth-order valence-electron chi connectivity index (χ4n) is 5.79. The van der Waals surface area contributed by atoms with Gasteiger partial charge in [0.1, 0.15) is 6.17 Å². The van der Waals surface area contributed by atoms with Gasteiger partial charge < -0.3 is 9.64 Å². The minimum absolute atomic E-state index is 0.158. The van der Waals surface area contributed by atoms with E-state index in [0.717, 1.165) is 64.2 Å². The topological polar surface area (TPSA) is 44.8 Å². The summed E-state index contributed by atoms with van der Waals surface area (Å²) in [6.45, 7) is 10.7. The summed E-state index contributed by atoms with van der Waals surface area (Å²) in [5, 5.41) is 3.82. The monoisotopic (exact) mass is 389 g/mol. The molecule has 0 aromatic rings. The maximum atomic E-state index is 13.4. The van der Waals surface area contributed by atoms with Gasteiger partial charge in [-0.2, -0.15) is 0 Å². The second-order valence-corrected chi connectivity index (χ2v) is 9.42. The number of nitrogens with zero attached hydrogens (tertiary/aromatic N) is 2. The highest BCUT2D eigenvalue weighted by Gasteiger charge is 2.45. The van der Waals surface area contributed by atoms with Crippen molar-refractivity contribution in [2.45, 2.75) is 77.4 Å². The van der Waals surface area contributed by atoms with E-state index in [-0.39, 0.29) is 6.17 Å². The van der Waals surface area contributed by atoms with Gasteiger partial charge in [0.25, 0.3) is 5.91 Å². The predicted octanol–water partition coefficient (Wildman–Crippen LogP) is 3.16. The lowest BCUT2D eigenvalue weighted by atomic mass is 9.77. The minimum Gasteiger partial charge on any atom is -0.379 e. The van der Waals surface area contributed by atoms with Crippen molar-refractivity contribution in [3.05, 3.63) is 11.1 Å². The molecule has 2 fully saturated rings. The van der Waals surface area contributed by atoms with Gasteiger partial charge in [0.15, 0.2) is 0 Å². The normalized spacial score (nSPS) is 34.8. The van der Waals surface area contributed by atoms with Crippen molar-refractivity contribution in [2.24, 2.45) is 11.8 Å². The highest BCUT2D eigenvalue weighted by molar-refractivity contribution is 5.98. The van der Waals surface area contributed by atoms with E-state index in [4.69, 9.17) is 4.74 Å². The summed E-state index contributed by atoms with van der Waals surface area (Å²) >= 11 is 0. The molecule has 1 saturated heterocycles. The lowest BCUT2D eigenvalue weighted by Crippen LogP contribution is -2.54. The molecule has 28 heavy (non-hydrogen) atoms. The van der Waals surface area contributed by atoms with Crippen LogP contribution in [0.5, 0.6) is 0 Å². The highest BCUT2D eigenvalue weighted by Crippen LogP contribution is 2.41. The van der Waals surface area contributed by atoms with Crippen LogP contribution in [-0.4, -0.2) is 67.3 Å². The molecule has 0 aromatic carbocycles. The van der Waals surface area contributed by atoms with Crippen molar-refractivity contribution in [3.8, 4) is 0 Å². The Balaban J connectivity index is 1.41. The average Bonchev–Trinajstić information content (AvgIpc) is 3.00. The number of carbonyl (C=O) groups is 1. The Labute approximate surface area is 170 Å². The fourth-order valence-corrected chi connectivity index (χ4v) is 5.79. The molecule has 4 aliphatic rings. The predicted molar refractivity (Wildman–Crippen MR) is 112 cm³/mol. The van der Waals surface area contributed by atoms with E-state index in [1.807, 2.05) is 0 Å². The zero-order valence-electron chi connectivity index (χ0n) is 17.9. The molecule has 0 aromatic heterocycles. The van der Waals surface area contributed by atoms with Crippen molar-refractivity contribution in [1.82, 2.24) is 15.1 Å². The average molecular weight is 390 g/mol. The molecule has 1 N–H and O–H groups in total. The van der Waals surface area contributed by atoms with Gasteiger partial charge in [-0.05, 0) is 69.0 Å². The van der Waals surface area contributed by atoms with Crippen LogP contribution in [0.25, 0.3) is 0 Å². The summed E-state index contributed by atoms with van der Waals surface area (Å²) < 4.78 is 5.45. The molecule has 0 bridgehead atoms. The molecule has 4 atom stereocenters. The van der Waals surface area contributed by atoms with E-state index < -0.39 is 0 Å². The second-order valence-electron chi connectivity index (χ2n) is 9.42. The molecule has 5 nitrogen and oxygen atoms in total. The Morgan fingerprint density at radius 1 is 1.07 bits per heavy atom. The lowest BCUT2D eigenvalue weighted by Gasteiger charge is -2.43. The van der Waals surface area contributed by atoms with Crippen LogP contribution >= 0.6 is 0 Å². The number of morpholine rings is 1. The van der Waals surface area contributed by atoms with Crippen LogP contribution in [0.2, 0.25) is 0 Å². The van der Waals surface area contributed by atoms with Gasteiger partial charge >= 0.3 is 0 Å². The van der Waals surface area contributed by atoms with Gasteiger partial charge in [-0.1, -0.05) is 26.7 Å². The zero-order chi connectivity index (χ0) is 19.5. The molecule has 1 amide bonds. The third-order valence-corrected chi connectivity index (χ3v) is 7.73. The van der Waals surface area contributed by atoms with Crippen LogP contribution in [0.3, 0.4) is 0 Å². The minimum atomic E-state index is 0.158. The third-order valence-electron chi connectivity index (χ3n) is 7.73. The van der Waals surface area contributed by atoms with Crippen LogP contribution in [-0.2, 0) is 9.53 Å². The van der Waals surface area contributed by atoms with Crippen molar-refractivity contribution in [1.29, 1.82) is 0 Å². The Morgan fingerprint density at radius 2 is 1.86 bits per heavy atom. The first-order chi connectivity index (χ1) is 13.7. The Bertz CT molecular complexity index is 584. The van der Waals surface area contributed by atoms with Crippen molar-refractivity contribution >= 4 is 5.91 Å². The molecular formula is C23H39N3O2. The van der Waals surface area contributed by atoms with E-state index in [2.05, 4.69) is 29.0 Å². The van der Waals surface area contributed by atoms with Gasteiger partial charge in [-0.25, -0.2) is 0 Å². The highest BCUT2D eigenvalue weighted by atomic mass is 16.5. The smallest absolute Gasteiger partial charge is 0.251 e. The molecule has 0 unspecified atom stereocenters. The largest absolute Gasteiger partial charge is 0.379 e. The molecule has 2 aliphatic heterocycles. The molecule has 0 radical (unpaired) electrons. The number of carbonyl (C=O) groups excluding carboxylic acids is 1. The van der Waals surface area contributed by atoms with Crippen LogP contribution in [0.1, 0.15) is 65.2 Å². The molecule has 4 rings (SSSR count). The number of amides is 1. The summed E-state index contributed by atoms with van der Waals surface area (Å²) in [4.78, 5) is 18.2. The number of nitrogens with one attached hydrogen (secondary N) is 1. The molecule has 2 heterocycles. The lowest BCUT2D eigenvalue weighted by molar-refractivity contribution is -0.132. The summed E-state index contributed by atoms with van der Waals surface area (Å²) in [6.07, 6.45) is 9.55. The zero-order valence-corrected chi connectivity index (χ0v) is 17.9. The summed E-state index contributed by atoms with van der Waals surface area (Å²) in [7, 11) is 0. The van der Waals surface area contributed by atoms with Crippen LogP contribution < -0.4 is 5.32 Å². The summed E-state index contributed by atoms with van der Waals surface area (Å²) in [6, 6.07) is 0.401. The van der Waals surface area contributed by atoms with Crippen molar-refractivity contribution < 1.29 is 9.53 Å². The molecule has 0 spiro atoms. The maximum Gasteiger partial charge on any atom is 0.251 e. The first-order valence-electron chi connectivity index (χ1n) is 11.7. The third kappa shape index (κ3) is 4.17. The first-order valence-corrected chi connectivity index (χ1v) is 11.7. The maximum absolute atomic E-state index is 13.4. The standard InChI is InChI=1S/C23H39N3O2/c1-17-7-5-10-21(18(17)2)26-22(19-8-3-4-9-20(19)23(26)27)24-11-6-12-25-13-15-28-16-14-25/h17-18,21-22,24H,3-16H2,1-2H3/t17-,18+,21+,22-/m1/s1. The van der Waals surface area contributed by atoms with Crippen molar-refractivity contribution in [3.63, 3.8) is 0 Å². The first kappa shape index (κ1) is 20.4. The van der Waals surface area contributed by atoms with E-state index in [1.165, 1.54) is 37.7 Å². The molecule has 1 saturated carbocycles. The van der Waals surface area contributed by atoms with E-state index in [0.29, 0.717) is 23.8 Å². The van der Waals surface area contributed by atoms with E-state index in [9.17, 15) is 4.79 Å². The fraction of sp³-hybridized carbons (Fsp3) is 0.870. The number of hydrogen-bond donors (Lipinski definition) is 1. The molecule has 158 valence electrons. The van der Waals surface area contributed by atoms with Crippen LogP contribution in [0, 0.1) is 11.8 Å². The van der Waals surface area contributed by atoms with Crippen LogP contribution in [0.15, 0.2) is 11.1 Å². The summed E-state index contributed by atoms with van der Waals surface area (Å²) in [5.41, 5.74) is 2.58. The molecule has 2 aliphatic carbocycles. The number of ether oxygens (including phenoxy) is 1. The van der Waals surface area contributed by atoms with Crippen LogP contribution in [0.4, 0.5) is 0 Å². The molecule has 5 heteroatoms. The molecular weight excluding hydrogens is 350 g/mol. The Hall–Kier alpha value is -0.910. The van der Waals surface area contributed by atoms with Gasteiger partial charge in [-0.3, -0.25) is 15.0 Å². The Morgan fingerprint density at radius 3 is 2.68 bits per heavy atom. The van der Waals surface area contributed by atoms with Gasteiger partial charge in [0.05, 0.1) is 13.2 Å². The van der Waals surface area contributed by atoms with E-state index >= 15 is 0 Å². The van der Waals surface area contributed by atoms with E-state index in [1.54, 1.807) is 0 Å². The SMILES string of the molecule is C[C@H]1[C@H](C)CCC[C@@H]1N1C(=O)C2=C(CCCC2)[C@@H]1NCCCN1CCOCC1. The van der Waals surface area contributed by atoms with Gasteiger partial charge in [0, 0.05) is 24.7 Å². The number of rotatable bonds is 6. The quantitative estimate of drug-likeness (QED) is 0.709. The summed E-state index contributed by atoms with van der Waals surface area (Å²) in [5.74, 6) is 1.66. The number of hydrogen-bond acceptors (Lipinski definition) is 4. The Kier molecular flexibility index (Phi) is 6.74. The second kappa shape index (κ2) is 9.27. The van der Waals surface area contributed by atoms with Crippen molar-refractivity contribution in [2.75, 3.05) is 39.4 Å². The van der Waals surface area contributed by atoms with Gasteiger partial charge in [-0.15, -0.1) is 0 Å².